The van der Waals surface area contributed by atoms with Crippen molar-refractivity contribution < 1.29 is 8.42 Å². The standard InChI is InChI=1S/C17H21NO2S/c1-16(2)7-9-17(12-18,10-8-16)14-11-21(19,20)15-6-4-3-5-13(14)15/h3-6,14H,7-11H2,1-2H3. The van der Waals surface area contributed by atoms with E-state index in [1.807, 2.05) is 12.1 Å². The molecule has 1 atom stereocenters. The van der Waals surface area contributed by atoms with E-state index in [0.29, 0.717) is 4.90 Å². The summed E-state index contributed by atoms with van der Waals surface area (Å²) >= 11 is 0. The Balaban J connectivity index is 2.04. The molecule has 0 N–H and O–H groups in total. The molecule has 1 aromatic carbocycles. The van der Waals surface area contributed by atoms with Crippen LogP contribution in [0.15, 0.2) is 29.2 Å². The molecule has 3 nitrogen and oxygen atoms in total. The topological polar surface area (TPSA) is 57.9 Å². The van der Waals surface area contributed by atoms with Crippen molar-refractivity contribution in [3.63, 3.8) is 0 Å². The summed E-state index contributed by atoms with van der Waals surface area (Å²) in [4.78, 5) is 0.439. The van der Waals surface area contributed by atoms with E-state index in [2.05, 4.69) is 19.9 Å². The Bertz CT molecular complexity index is 703. The van der Waals surface area contributed by atoms with E-state index in [-0.39, 0.29) is 17.1 Å². The number of sulfone groups is 1. The molecule has 0 radical (unpaired) electrons. The molecule has 1 aromatic rings. The Morgan fingerprint density at radius 2 is 1.76 bits per heavy atom. The van der Waals surface area contributed by atoms with Gasteiger partial charge in [-0.05, 0) is 42.7 Å². The van der Waals surface area contributed by atoms with Crippen molar-refractivity contribution >= 4 is 9.84 Å². The predicted molar refractivity (Wildman–Crippen MR) is 81.5 cm³/mol. The Morgan fingerprint density at radius 3 is 2.38 bits per heavy atom. The lowest BCUT2D eigenvalue weighted by atomic mass is 9.60. The van der Waals surface area contributed by atoms with Gasteiger partial charge in [0.1, 0.15) is 0 Å². The molecule has 3 rings (SSSR count). The number of rotatable bonds is 1. The lowest BCUT2D eigenvalue weighted by Gasteiger charge is -2.42. The van der Waals surface area contributed by atoms with Crippen molar-refractivity contribution in [1.82, 2.24) is 0 Å². The summed E-state index contributed by atoms with van der Waals surface area (Å²) in [5.74, 6) is -0.0693. The maximum atomic E-state index is 12.4. The SMILES string of the molecule is CC1(C)CCC(C#N)(C2CS(=O)(=O)c3ccccc32)CC1. The highest BCUT2D eigenvalue weighted by Gasteiger charge is 2.50. The quantitative estimate of drug-likeness (QED) is 0.795. The van der Waals surface area contributed by atoms with E-state index in [0.717, 1.165) is 31.2 Å². The third-order valence-electron chi connectivity index (χ3n) is 5.40. The monoisotopic (exact) mass is 303 g/mol. The molecule has 1 fully saturated rings. The Labute approximate surface area is 126 Å². The first-order valence-corrected chi connectivity index (χ1v) is 9.18. The summed E-state index contributed by atoms with van der Waals surface area (Å²) in [7, 11) is -3.23. The number of nitriles is 1. The minimum Gasteiger partial charge on any atom is -0.224 e. The molecule has 4 heteroatoms. The Kier molecular flexibility index (Phi) is 3.18. The zero-order valence-electron chi connectivity index (χ0n) is 12.6. The first kappa shape index (κ1) is 14.6. The average Bonchev–Trinajstić information content (AvgIpc) is 2.73. The fourth-order valence-corrected chi connectivity index (χ4v) is 5.79. The van der Waals surface area contributed by atoms with E-state index in [1.54, 1.807) is 12.1 Å². The van der Waals surface area contributed by atoms with Crippen LogP contribution in [0.4, 0.5) is 0 Å². The molecule has 1 unspecified atom stereocenters. The van der Waals surface area contributed by atoms with Crippen LogP contribution in [-0.4, -0.2) is 14.2 Å². The van der Waals surface area contributed by atoms with Crippen LogP contribution in [0, 0.1) is 22.2 Å². The highest BCUT2D eigenvalue weighted by molar-refractivity contribution is 7.91. The molecule has 1 aliphatic carbocycles. The number of benzene rings is 1. The smallest absolute Gasteiger partial charge is 0.179 e. The van der Waals surface area contributed by atoms with Gasteiger partial charge in [0, 0.05) is 5.92 Å². The van der Waals surface area contributed by atoms with E-state index in [1.165, 1.54) is 0 Å². The molecule has 112 valence electrons. The van der Waals surface area contributed by atoms with Crippen LogP contribution in [0.3, 0.4) is 0 Å². The molecule has 0 spiro atoms. The van der Waals surface area contributed by atoms with Gasteiger partial charge in [-0.25, -0.2) is 8.42 Å². The number of nitrogens with zero attached hydrogens (tertiary/aromatic N) is 1. The summed E-state index contributed by atoms with van der Waals surface area (Å²) in [5.41, 5.74) is 0.603. The third kappa shape index (κ3) is 2.28. The van der Waals surface area contributed by atoms with Gasteiger partial charge in [0.2, 0.25) is 0 Å². The van der Waals surface area contributed by atoms with Gasteiger partial charge in [-0.1, -0.05) is 32.0 Å². The first-order chi connectivity index (χ1) is 9.80. The second-order valence-electron chi connectivity index (χ2n) is 7.30. The van der Waals surface area contributed by atoms with E-state index < -0.39 is 15.3 Å². The van der Waals surface area contributed by atoms with Crippen LogP contribution in [0.1, 0.15) is 51.0 Å². The molecule has 21 heavy (non-hydrogen) atoms. The van der Waals surface area contributed by atoms with Gasteiger partial charge in [-0.3, -0.25) is 0 Å². The Morgan fingerprint density at radius 1 is 1.14 bits per heavy atom. The first-order valence-electron chi connectivity index (χ1n) is 7.53. The van der Waals surface area contributed by atoms with Gasteiger partial charge in [0.25, 0.3) is 0 Å². The molecular formula is C17H21NO2S. The second-order valence-corrected chi connectivity index (χ2v) is 9.31. The highest BCUT2D eigenvalue weighted by Crippen LogP contribution is 2.55. The summed E-state index contributed by atoms with van der Waals surface area (Å²) in [5, 5.41) is 9.82. The molecule has 1 heterocycles. The summed E-state index contributed by atoms with van der Waals surface area (Å²) < 4.78 is 24.8. The van der Waals surface area contributed by atoms with E-state index >= 15 is 0 Å². The summed E-state index contributed by atoms with van der Waals surface area (Å²) in [6.45, 7) is 4.46. The minimum atomic E-state index is -3.23. The highest BCUT2D eigenvalue weighted by atomic mass is 32.2. The number of hydrogen-bond acceptors (Lipinski definition) is 3. The van der Waals surface area contributed by atoms with Crippen molar-refractivity contribution in [2.75, 3.05) is 5.75 Å². The normalized spacial score (nSPS) is 28.5. The van der Waals surface area contributed by atoms with E-state index in [4.69, 9.17) is 0 Å². The van der Waals surface area contributed by atoms with Crippen molar-refractivity contribution in [3.8, 4) is 6.07 Å². The summed E-state index contributed by atoms with van der Waals surface area (Å²) in [6, 6.07) is 9.73. The van der Waals surface area contributed by atoms with Crippen LogP contribution in [0.25, 0.3) is 0 Å². The van der Waals surface area contributed by atoms with Crippen molar-refractivity contribution in [2.45, 2.75) is 50.3 Å². The molecule has 0 aromatic heterocycles. The fourth-order valence-electron chi connectivity index (χ4n) is 3.82. The number of fused-ring (bicyclic) bond motifs is 1. The van der Waals surface area contributed by atoms with Crippen LogP contribution in [0.5, 0.6) is 0 Å². The van der Waals surface area contributed by atoms with Crippen LogP contribution >= 0.6 is 0 Å². The molecule has 2 aliphatic rings. The lowest BCUT2D eigenvalue weighted by Crippen LogP contribution is -2.36. The van der Waals surface area contributed by atoms with Crippen molar-refractivity contribution in [3.05, 3.63) is 29.8 Å². The molecule has 1 aliphatic heterocycles. The fraction of sp³-hybridized carbons (Fsp3) is 0.588. The van der Waals surface area contributed by atoms with Gasteiger partial charge in [0.15, 0.2) is 9.84 Å². The molecule has 0 saturated heterocycles. The second kappa shape index (κ2) is 4.58. The largest absolute Gasteiger partial charge is 0.224 e. The number of hydrogen-bond donors (Lipinski definition) is 0. The minimum absolute atomic E-state index is 0.0976. The van der Waals surface area contributed by atoms with Crippen LogP contribution < -0.4 is 0 Å². The van der Waals surface area contributed by atoms with Gasteiger partial charge in [-0.2, -0.15) is 5.26 Å². The lowest BCUT2D eigenvalue weighted by molar-refractivity contribution is 0.128. The molecule has 0 amide bonds. The maximum Gasteiger partial charge on any atom is 0.179 e. The molecule has 1 saturated carbocycles. The van der Waals surface area contributed by atoms with Gasteiger partial charge < -0.3 is 0 Å². The summed E-state index contributed by atoms with van der Waals surface area (Å²) in [6.07, 6.45) is 3.56. The van der Waals surface area contributed by atoms with Crippen molar-refractivity contribution in [1.29, 1.82) is 5.26 Å². The predicted octanol–water partition coefficient (Wildman–Crippen LogP) is 3.67. The third-order valence-corrected chi connectivity index (χ3v) is 7.22. The molecule has 0 bridgehead atoms. The van der Waals surface area contributed by atoms with Gasteiger partial charge in [-0.15, -0.1) is 0 Å². The Hall–Kier alpha value is -1.34. The van der Waals surface area contributed by atoms with E-state index in [9.17, 15) is 13.7 Å². The van der Waals surface area contributed by atoms with Crippen LogP contribution in [-0.2, 0) is 9.84 Å². The average molecular weight is 303 g/mol. The molecular weight excluding hydrogens is 282 g/mol. The zero-order chi connectivity index (χ0) is 15.3. The van der Waals surface area contributed by atoms with Gasteiger partial charge in [0.05, 0.1) is 22.1 Å². The van der Waals surface area contributed by atoms with Crippen LogP contribution in [0.2, 0.25) is 0 Å². The van der Waals surface area contributed by atoms with Crippen molar-refractivity contribution in [2.24, 2.45) is 10.8 Å². The zero-order valence-corrected chi connectivity index (χ0v) is 13.4. The van der Waals surface area contributed by atoms with Gasteiger partial charge >= 0.3 is 0 Å². The maximum absolute atomic E-state index is 12.4.